The Hall–Kier alpha value is -0.360. The summed E-state index contributed by atoms with van der Waals surface area (Å²) in [6, 6.07) is 0.337. The van der Waals surface area contributed by atoms with Crippen molar-refractivity contribution in [2.75, 3.05) is 20.1 Å². The van der Waals surface area contributed by atoms with E-state index in [1.165, 1.54) is 11.3 Å². The molecule has 0 aliphatic carbocycles. The molecule has 2 rings (SSSR count). The first kappa shape index (κ1) is 16.6. The van der Waals surface area contributed by atoms with Crippen molar-refractivity contribution in [3.8, 4) is 0 Å². The van der Waals surface area contributed by atoms with Crippen molar-refractivity contribution in [2.24, 2.45) is 0 Å². The Morgan fingerprint density at radius 2 is 2.41 bits per heavy atom. The van der Waals surface area contributed by atoms with Crippen molar-refractivity contribution in [3.05, 3.63) is 16.6 Å². The lowest BCUT2D eigenvalue weighted by atomic mass is 10.2. The number of thiazole rings is 1. The van der Waals surface area contributed by atoms with Gasteiger partial charge >= 0.3 is 0 Å². The quantitative estimate of drug-likeness (QED) is 0.925. The highest BCUT2D eigenvalue weighted by Crippen LogP contribution is 2.19. The number of aromatic nitrogens is 1. The van der Waals surface area contributed by atoms with Crippen LogP contribution < -0.4 is 5.32 Å². The monoisotopic (exact) mass is 297 g/mol. The predicted molar refractivity (Wildman–Crippen MR) is 74.6 cm³/mol. The van der Waals surface area contributed by atoms with Gasteiger partial charge < -0.3 is 10.2 Å². The fourth-order valence-electron chi connectivity index (χ4n) is 2.02. The Morgan fingerprint density at radius 1 is 1.65 bits per heavy atom. The molecule has 1 aromatic rings. The number of rotatable bonds is 3. The molecule has 1 saturated heterocycles. The minimum atomic E-state index is 0. The second-order valence-electron chi connectivity index (χ2n) is 3.73. The predicted octanol–water partition coefficient (Wildman–Crippen LogP) is 1.81. The van der Waals surface area contributed by atoms with E-state index >= 15 is 0 Å². The Kier molecular flexibility index (Phi) is 7.70. The van der Waals surface area contributed by atoms with Crippen LogP contribution in [0.1, 0.15) is 23.3 Å². The zero-order valence-electron chi connectivity index (χ0n) is 9.59. The van der Waals surface area contributed by atoms with Gasteiger partial charge in [0, 0.05) is 24.5 Å². The molecule has 0 bridgehead atoms. The molecule has 4 nitrogen and oxygen atoms in total. The molecule has 2 heterocycles. The fraction of sp³-hybridized carbons (Fsp3) is 0.600. The summed E-state index contributed by atoms with van der Waals surface area (Å²) in [7, 11) is 1.92. The smallest absolute Gasteiger partial charge is 0.273 e. The number of halogens is 2. The largest absolute Gasteiger partial charge is 0.333 e. The minimum absolute atomic E-state index is 0. The lowest BCUT2D eigenvalue weighted by molar-refractivity contribution is 0.0732. The fourth-order valence-corrected chi connectivity index (χ4v) is 2.54. The van der Waals surface area contributed by atoms with E-state index in [0.717, 1.165) is 25.9 Å². The van der Waals surface area contributed by atoms with E-state index in [2.05, 4.69) is 10.3 Å². The van der Waals surface area contributed by atoms with Crippen molar-refractivity contribution < 1.29 is 4.79 Å². The maximum absolute atomic E-state index is 12.0. The number of likely N-dealkylation sites (tertiary alicyclic amines) is 1. The van der Waals surface area contributed by atoms with Crippen LogP contribution in [0.4, 0.5) is 0 Å². The molecule has 0 spiro atoms. The Morgan fingerprint density at radius 3 is 3.00 bits per heavy atom. The molecule has 1 aliphatic rings. The second-order valence-corrected chi connectivity index (χ2v) is 4.44. The lowest BCUT2D eigenvalue weighted by Crippen LogP contribution is -2.40. The molecule has 1 fully saturated rings. The Balaban J connectivity index is 0.00000128. The zero-order chi connectivity index (χ0) is 10.7. The average Bonchev–Trinajstić information content (AvgIpc) is 2.87. The van der Waals surface area contributed by atoms with E-state index in [1.807, 2.05) is 17.3 Å². The van der Waals surface area contributed by atoms with Gasteiger partial charge in [-0.25, -0.2) is 4.98 Å². The molecule has 0 saturated carbocycles. The molecular weight excluding hydrogens is 281 g/mol. The first-order valence-electron chi connectivity index (χ1n) is 5.16. The first-order valence-corrected chi connectivity index (χ1v) is 6.11. The maximum atomic E-state index is 12.0. The van der Waals surface area contributed by atoms with Crippen molar-refractivity contribution >= 4 is 42.1 Å². The number of hydrogen-bond donors (Lipinski definition) is 1. The van der Waals surface area contributed by atoms with Gasteiger partial charge in [-0.2, -0.15) is 0 Å². The molecule has 7 heteroatoms. The van der Waals surface area contributed by atoms with Crippen molar-refractivity contribution in [1.29, 1.82) is 0 Å². The van der Waals surface area contributed by atoms with Gasteiger partial charge in [0.15, 0.2) is 0 Å². The number of carbonyl (C=O) groups excluding carboxylic acids is 1. The highest BCUT2D eigenvalue weighted by atomic mass is 35.5. The molecule has 1 aromatic heterocycles. The number of nitrogens with one attached hydrogen (secondary N) is 1. The third-order valence-electron chi connectivity index (χ3n) is 2.73. The highest BCUT2D eigenvalue weighted by Gasteiger charge is 2.29. The van der Waals surface area contributed by atoms with Gasteiger partial charge in [0.05, 0.1) is 5.51 Å². The van der Waals surface area contributed by atoms with E-state index in [0.29, 0.717) is 11.7 Å². The standard InChI is InChI=1S/C10H15N3OS.2ClH/c1-11-5-8-3-2-4-13(8)10(14)9-6-15-7-12-9;;/h6-8,11H,2-5H2,1H3;2*1H. The Bertz CT molecular complexity index is 334. The van der Waals surface area contributed by atoms with E-state index in [-0.39, 0.29) is 30.7 Å². The molecule has 1 aliphatic heterocycles. The summed E-state index contributed by atoms with van der Waals surface area (Å²) in [5.41, 5.74) is 2.29. The first-order chi connectivity index (χ1) is 7.33. The Labute approximate surface area is 118 Å². The highest BCUT2D eigenvalue weighted by molar-refractivity contribution is 7.07. The summed E-state index contributed by atoms with van der Waals surface area (Å²) in [6.07, 6.45) is 2.19. The van der Waals surface area contributed by atoms with Gasteiger partial charge in [-0.3, -0.25) is 4.79 Å². The van der Waals surface area contributed by atoms with Crippen molar-refractivity contribution in [1.82, 2.24) is 15.2 Å². The van der Waals surface area contributed by atoms with Gasteiger partial charge in [0.2, 0.25) is 0 Å². The van der Waals surface area contributed by atoms with Gasteiger partial charge in [-0.1, -0.05) is 0 Å². The number of carbonyl (C=O) groups is 1. The van der Waals surface area contributed by atoms with Crippen LogP contribution in [0.3, 0.4) is 0 Å². The van der Waals surface area contributed by atoms with E-state index in [1.54, 1.807) is 5.51 Å². The number of amides is 1. The molecule has 0 aromatic carbocycles. The van der Waals surface area contributed by atoms with Crippen LogP contribution in [0.25, 0.3) is 0 Å². The molecule has 1 atom stereocenters. The van der Waals surface area contributed by atoms with Crippen molar-refractivity contribution in [3.63, 3.8) is 0 Å². The SMILES string of the molecule is CNCC1CCCN1C(=O)c1cscn1.Cl.Cl. The number of likely N-dealkylation sites (N-methyl/N-ethyl adjacent to an activating group) is 1. The molecule has 98 valence electrons. The molecule has 1 unspecified atom stereocenters. The van der Waals surface area contributed by atoms with Crippen LogP contribution in [0, 0.1) is 0 Å². The molecule has 0 radical (unpaired) electrons. The topological polar surface area (TPSA) is 45.2 Å². The lowest BCUT2D eigenvalue weighted by Gasteiger charge is -2.23. The normalized spacial score (nSPS) is 18.4. The summed E-state index contributed by atoms with van der Waals surface area (Å²) < 4.78 is 0. The van der Waals surface area contributed by atoms with Crippen molar-refractivity contribution in [2.45, 2.75) is 18.9 Å². The summed E-state index contributed by atoms with van der Waals surface area (Å²) in [4.78, 5) is 18.0. The third-order valence-corrected chi connectivity index (χ3v) is 3.32. The van der Waals surface area contributed by atoms with Gasteiger partial charge in [0.25, 0.3) is 5.91 Å². The van der Waals surface area contributed by atoms with Crippen LogP contribution in [0.2, 0.25) is 0 Å². The minimum Gasteiger partial charge on any atom is -0.333 e. The number of hydrogen-bond acceptors (Lipinski definition) is 4. The van der Waals surface area contributed by atoms with Crippen LogP contribution in [-0.4, -0.2) is 42.0 Å². The van der Waals surface area contributed by atoms with Gasteiger partial charge in [-0.15, -0.1) is 36.2 Å². The molecule has 1 amide bonds. The third kappa shape index (κ3) is 3.81. The van der Waals surface area contributed by atoms with Crippen LogP contribution in [0.15, 0.2) is 10.9 Å². The zero-order valence-corrected chi connectivity index (χ0v) is 12.0. The summed E-state index contributed by atoms with van der Waals surface area (Å²) in [5, 5.41) is 4.94. The molecule has 1 N–H and O–H groups in total. The van der Waals surface area contributed by atoms with Crippen LogP contribution in [0.5, 0.6) is 0 Å². The second kappa shape index (κ2) is 7.87. The van der Waals surface area contributed by atoms with E-state index < -0.39 is 0 Å². The van der Waals surface area contributed by atoms with E-state index in [4.69, 9.17) is 0 Å². The summed E-state index contributed by atoms with van der Waals surface area (Å²) in [6.45, 7) is 1.73. The molecular formula is C10H17Cl2N3OS. The van der Waals surface area contributed by atoms with Crippen LogP contribution >= 0.6 is 36.2 Å². The van der Waals surface area contributed by atoms with Crippen LogP contribution in [-0.2, 0) is 0 Å². The van der Waals surface area contributed by atoms with E-state index in [9.17, 15) is 4.79 Å². The average molecular weight is 298 g/mol. The number of nitrogens with zero attached hydrogens (tertiary/aromatic N) is 2. The van der Waals surface area contributed by atoms with Gasteiger partial charge in [0.1, 0.15) is 5.69 Å². The summed E-state index contributed by atoms with van der Waals surface area (Å²) >= 11 is 1.47. The van der Waals surface area contributed by atoms with Gasteiger partial charge in [-0.05, 0) is 19.9 Å². The maximum Gasteiger partial charge on any atom is 0.273 e. The summed E-state index contributed by atoms with van der Waals surface area (Å²) in [5.74, 6) is 0.0778. The molecule has 17 heavy (non-hydrogen) atoms.